The second kappa shape index (κ2) is 45.3. The van der Waals surface area contributed by atoms with E-state index in [1.54, 1.807) is 71.9 Å². The quantitative estimate of drug-likeness (QED) is 0.0294. The maximum Gasteiger partial charge on any atom is 0.318 e. The first kappa shape index (κ1) is 103. The van der Waals surface area contributed by atoms with Gasteiger partial charge in [-0.15, -0.1) is 0 Å². The maximum atomic E-state index is 14.1. The van der Waals surface area contributed by atoms with Crippen molar-refractivity contribution in [1.82, 2.24) is 39.6 Å². The average molecular weight is 1940 g/mol. The van der Waals surface area contributed by atoms with E-state index in [4.69, 9.17) is 78.2 Å². The first-order valence-electron chi connectivity index (χ1n) is 49.9. The molecule has 11 aliphatic rings. The number of ether oxygens (including phenoxy) is 1. The summed E-state index contributed by atoms with van der Waals surface area (Å²) in [5, 5.41) is 4.90. The number of carbonyl (C=O) groups excluding carboxylic acids is 7. The zero-order valence-electron chi connectivity index (χ0n) is 82.0. The molecule has 0 spiro atoms. The van der Waals surface area contributed by atoms with E-state index in [0.717, 1.165) is 163 Å². The maximum absolute atomic E-state index is 14.1. The topological polar surface area (TPSA) is 355 Å². The Labute approximate surface area is 829 Å². The Bertz CT molecular complexity index is 5690. The van der Waals surface area contributed by atoms with Gasteiger partial charge in [-0.25, -0.2) is 29.8 Å². The Hall–Kier alpha value is -11.4. The molecule has 18 rings (SSSR count). The number of nitrogens with zero attached hydrogens (tertiary/aromatic N) is 12. The second-order valence-corrected chi connectivity index (χ2v) is 41.8. The Morgan fingerprint density at radius 3 is 1.27 bits per heavy atom. The predicted molar refractivity (Wildman–Crippen MR) is 552 cm³/mol. The van der Waals surface area contributed by atoms with Crippen molar-refractivity contribution in [2.24, 2.45) is 83.2 Å². The molecular formula is C109H141Cl3N18O8. The number of likely N-dealkylation sites (tertiary alicyclic amines) is 1. The van der Waals surface area contributed by atoms with Crippen molar-refractivity contribution in [3.05, 3.63) is 207 Å². The van der Waals surface area contributed by atoms with Gasteiger partial charge < -0.3 is 48.5 Å². The molecular weight excluding hydrogens is 1800 g/mol. The number of rotatable bonds is 26. The number of nitrogens with one attached hydrogen (secondary N) is 1. The Morgan fingerprint density at radius 2 is 0.812 bits per heavy atom. The fourth-order valence-corrected chi connectivity index (χ4v) is 22.8. The van der Waals surface area contributed by atoms with Crippen LogP contribution in [0.3, 0.4) is 0 Å². The molecule has 4 aliphatic carbocycles. The number of unbranched alkanes of at least 4 members (excludes halogenated alkanes) is 1. The van der Waals surface area contributed by atoms with Crippen molar-refractivity contribution in [2.45, 2.75) is 267 Å². The lowest BCUT2D eigenvalue weighted by molar-refractivity contribution is -0.133. The first-order valence-corrected chi connectivity index (χ1v) is 51.0. The highest BCUT2D eigenvalue weighted by Gasteiger charge is 2.52. The molecule has 11 N–H and O–H groups in total. The third-order valence-corrected chi connectivity index (χ3v) is 31.2. The van der Waals surface area contributed by atoms with E-state index in [0.29, 0.717) is 70.2 Å². The molecule has 0 aromatic heterocycles. The number of hydrogen-bond donors (Lipinski definition) is 6. The van der Waals surface area contributed by atoms with Crippen LogP contribution in [0.1, 0.15) is 248 Å². The molecule has 7 aromatic carbocycles. The molecule has 3 unspecified atom stereocenters. The van der Waals surface area contributed by atoms with Gasteiger partial charge in [-0.05, 0) is 236 Å². The molecule has 7 atom stereocenters. The van der Waals surface area contributed by atoms with E-state index < -0.39 is 27.7 Å². The lowest BCUT2D eigenvalue weighted by atomic mass is 9.75. The number of carbonyl (C=O) groups is 7. The van der Waals surface area contributed by atoms with Crippen LogP contribution < -0.4 is 38.7 Å². The van der Waals surface area contributed by atoms with Crippen molar-refractivity contribution in [2.75, 3.05) is 54.9 Å². The molecule has 138 heavy (non-hydrogen) atoms. The number of urea groups is 1. The smallest absolute Gasteiger partial charge is 0.318 e. The van der Waals surface area contributed by atoms with E-state index >= 15 is 0 Å². The first-order chi connectivity index (χ1) is 66.1. The third kappa shape index (κ3) is 24.0. The lowest BCUT2D eigenvalue weighted by Gasteiger charge is -2.33. The number of guanidine groups is 5. The fourth-order valence-electron chi connectivity index (χ4n) is 22.1. The Kier molecular flexibility index (Phi) is 33.6. The summed E-state index contributed by atoms with van der Waals surface area (Å²) in [6, 6.07) is 52.4. The molecule has 736 valence electrons. The zero-order chi connectivity index (χ0) is 98.4. The van der Waals surface area contributed by atoms with Crippen LogP contribution in [-0.2, 0) is 58.5 Å². The minimum absolute atomic E-state index is 0.0272. The molecule has 7 aliphatic heterocycles. The number of halogens is 3. The van der Waals surface area contributed by atoms with E-state index in [9.17, 15) is 33.6 Å². The number of aliphatic imine (C=N–C) groups is 5. The van der Waals surface area contributed by atoms with Crippen LogP contribution in [-0.4, -0.2) is 178 Å². The molecule has 6 fully saturated rings. The highest BCUT2D eigenvalue weighted by atomic mass is 35.5. The van der Waals surface area contributed by atoms with Crippen molar-refractivity contribution in [1.29, 1.82) is 0 Å². The van der Waals surface area contributed by atoms with Crippen LogP contribution >= 0.6 is 34.8 Å². The van der Waals surface area contributed by atoms with Crippen LogP contribution in [0.5, 0.6) is 5.75 Å². The summed E-state index contributed by atoms with van der Waals surface area (Å²) >= 11 is 18.2. The summed E-state index contributed by atoms with van der Waals surface area (Å²) in [4.78, 5) is 124. The molecule has 4 saturated carbocycles. The summed E-state index contributed by atoms with van der Waals surface area (Å²) in [5.41, 5.74) is 35.9. The van der Waals surface area contributed by atoms with Crippen LogP contribution in [0.4, 0.5) is 4.79 Å². The van der Waals surface area contributed by atoms with E-state index in [2.05, 4.69) is 51.5 Å². The van der Waals surface area contributed by atoms with Gasteiger partial charge in [0.1, 0.15) is 16.8 Å². The Balaban J connectivity index is 0.000000141. The fraction of sp³-hybridized carbons (Fsp3) is 0.505. The van der Waals surface area contributed by atoms with Gasteiger partial charge >= 0.3 is 6.03 Å². The van der Waals surface area contributed by atoms with Crippen LogP contribution in [0.15, 0.2) is 189 Å². The standard InChI is InChI=1S/C33H51N5O2.C24H40N4O2.C18H19N3O2.C17H15Cl2N3O.C17H16ClN3O/c1-2-3-14-29-24-37(32(40)35-29)22-27-15-17-28(18-16-27)23-38-30(39)33(36-31(38)34,21-26-12-8-5-9-13-26)20-19-25-10-6-4-7-11-25;1-27-22(30)24(26-23(27)25,13-11-18-7-3-2-4-8-18)16-20-12-14-28(17-20)21(29)15-19-9-5-6-10-19;1-18(16(22)21(2)17(19)20-18)14-8-4-6-12(10-14)13-7-5-9-15(11-13)23-3;1-17(15(23)22(2)16(20)21-17)12-5-3-4-10(6-12)11-7-13(18)9-14(19)8-11;1-17(15(22)21(2)16(19)20-17)13-7-3-5-11(9-13)12-6-4-8-14(18)10-12/h15-18,25-26,29H,2-14,19-24H2,1H3,(H2,34,36)(H,35,40);18-20H,2-17H2,1H3,(H2,25,26);4-11H,1-3H3,(H2,19,20);3-9H,1-2H3,(H2,20,21);3-10H,1-2H3,(H2,19,20)/t29-,33+;20-,24+;;;/m01.../s1. The molecule has 8 amide bonds. The van der Waals surface area contributed by atoms with E-state index in [1.807, 2.05) is 143 Å². The normalized spacial score (nSPS) is 24.7. The SMILES string of the molecule is CCCC[C@H]1CN(Cc2ccc(CN3C(=O)[C@@](CCC4CCCCC4)(CC4CCCCC4)N=C3N)cc2)C(=O)N1.CN1C(=O)C(C)(c2cccc(-c3cc(Cl)cc(Cl)c3)c2)N=C1N.CN1C(=O)C(C)(c2cccc(-c3cccc(Cl)c3)c2)N=C1N.CN1C(=O)[C@](CCC2CCCCC2)(C[C@H]2CCN(C(=O)CC3CCCC3)C2)N=C1N.COc1cccc(-c2cccc(C3(C)N=C(N)N(C)C3=O)c2)c1. The monoisotopic (exact) mass is 1940 g/mol. The van der Waals surface area contributed by atoms with Crippen LogP contribution in [0, 0.1) is 29.6 Å². The minimum Gasteiger partial charge on any atom is -0.497 e. The molecule has 7 aromatic rings. The van der Waals surface area contributed by atoms with Crippen molar-refractivity contribution < 1.29 is 38.3 Å². The van der Waals surface area contributed by atoms with Crippen molar-refractivity contribution in [3.8, 4) is 39.1 Å². The van der Waals surface area contributed by atoms with Crippen molar-refractivity contribution in [3.63, 3.8) is 0 Å². The van der Waals surface area contributed by atoms with Gasteiger partial charge in [-0.2, -0.15) is 0 Å². The van der Waals surface area contributed by atoms with Gasteiger partial charge in [0.15, 0.2) is 46.4 Å². The van der Waals surface area contributed by atoms with Gasteiger partial charge in [0.25, 0.3) is 29.5 Å². The van der Waals surface area contributed by atoms with Crippen LogP contribution in [0.2, 0.25) is 15.1 Å². The molecule has 26 nitrogen and oxygen atoms in total. The van der Waals surface area contributed by atoms with Gasteiger partial charge in [0.05, 0.1) is 13.7 Å². The van der Waals surface area contributed by atoms with Gasteiger partial charge in [-0.3, -0.25) is 53.3 Å². The number of benzene rings is 7. The number of hydrogen-bond acceptors (Lipinski definition) is 18. The highest BCUT2D eigenvalue weighted by Crippen LogP contribution is 2.46. The minimum atomic E-state index is -1.02. The summed E-state index contributed by atoms with van der Waals surface area (Å²) in [6.45, 7) is 10.9. The van der Waals surface area contributed by atoms with Crippen LogP contribution in [0.25, 0.3) is 33.4 Å². The van der Waals surface area contributed by atoms with E-state index in [-0.39, 0.29) is 59.5 Å². The summed E-state index contributed by atoms with van der Waals surface area (Å²) < 4.78 is 5.27. The molecule has 7 heterocycles. The zero-order valence-corrected chi connectivity index (χ0v) is 84.2. The number of nitrogens with two attached hydrogens (primary N) is 5. The highest BCUT2D eigenvalue weighted by molar-refractivity contribution is 6.35. The third-order valence-electron chi connectivity index (χ3n) is 30.5. The number of methoxy groups -OCH3 is 1. The molecule has 0 radical (unpaired) electrons. The van der Waals surface area contributed by atoms with Gasteiger partial charge in [0.2, 0.25) is 5.91 Å². The van der Waals surface area contributed by atoms with Crippen molar-refractivity contribution >= 4 is 106 Å². The summed E-state index contributed by atoms with van der Waals surface area (Å²) in [7, 11) is 8.27. The van der Waals surface area contributed by atoms with Gasteiger partial charge in [-0.1, -0.05) is 267 Å². The molecule has 29 heteroatoms. The largest absolute Gasteiger partial charge is 0.497 e. The Morgan fingerprint density at radius 1 is 0.413 bits per heavy atom. The number of amides is 8. The molecule has 0 bridgehead atoms. The second-order valence-electron chi connectivity index (χ2n) is 40.5. The van der Waals surface area contributed by atoms with Gasteiger partial charge in [0, 0.05) is 81.9 Å². The number of likely N-dealkylation sites (N-methyl/N-ethyl adjacent to an activating group) is 4. The summed E-state index contributed by atoms with van der Waals surface area (Å²) in [6.07, 6.45) is 34.8. The lowest BCUT2D eigenvalue weighted by Crippen LogP contribution is -2.45. The van der Waals surface area contributed by atoms with E-state index in [1.165, 1.54) is 137 Å². The average Bonchev–Trinajstić information content (AvgIpc) is 1.64. The summed E-state index contributed by atoms with van der Waals surface area (Å²) in [5.74, 6) is 5.26. The molecule has 2 saturated heterocycles. The predicted octanol–water partition coefficient (Wildman–Crippen LogP) is 19.2.